The Morgan fingerprint density at radius 1 is 1.24 bits per heavy atom. The maximum atomic E-state index is 12.5. The Bertz CT molecular complexity index is 1100. The molecule has 1 saturated heterocycles. The molecule has 1 amide bonds. The van der Waals surface area contributed by atoms with Gasteiger partial charge in [-0.2, -0.15) is 0 Å². The summed E-state index contributed by atoms with van der Waals surface area (Å²) >= 11 is 0. The molecule has 3 rings (SSSR count). The van der Waals surface area contributed by atoms with Crippen molar-refractivity contribution in [1.82, 2.24) is 19.9 Å². The number of carbonyl (C=O) groups excluding carboxylic acids is 1. The van der Waals surface area contributed by atoms with E-state index in [0.717, 1.165) is 16.8 Å². The number of aliphatic hydroxyl groups excluding tert-OH is 3. The van der Waals surface area contributed by atoms with Crippen molar-refractivity contribution in [2.75, 3.05) is 0 Å². The third-order valence-electron chi connectivity index (χ3n) is 5.14. The summed E-state index contributed by atoms with van der Waals surface area (Å²) in [4.78, 5) is 53.4. The zero-order valence-corrected chi connectivity index (χ0v) is 17.0. The van der Waals surface area contributed by atoms with Gasteiger partial charge in [0.2, 0.25) is 5.91 Å². The summed E-state index contributed by atoms with van der Waals surface area (Å²) in [6, 6.07) is 2.56. The van der Waals surface area contributed by atoms with E-state index in [1.165, 1.54) is 12.3 Å². The minimum absolute atomic E-state index is 0.266. The second-order valence-electron chi connectivity index (χ2n) is 7.43. The number of aromatic nitrogens is 3. The Morgan fingerprint density at radius 3 is 2.58 bits per heavy atom. The third-order valence-corrected chi connectivity index (χ3v) is 5.14. The lowest BCUT2D eigenvalue weighted by atomic mass is 10.0. The van der Waals surface area contributed by atoms with Crippen molar-refractivity contribution in [2.45, 2.75) is 49.1 Å². The molecule has 0 aromatic carbocycles. The van der Waals surface area contributed by atoms with Crippen LogP contribution in [0.2, 0.25) is 0 Å². The van der Waals surface area contributed by atoms with Crippen LogP contribution in [-0.4, -0.2) is 77.2 Å². The fraction of sp³-hybridized carbons (Fsp3) is 0.421. The standard InChI is InChI=1S/C19H23N5O9/c20-8(7-10(25)9-3-1-2-5-21-9)16(29)23-12(18(30)31)15-13(27)14(28)17(33-15)24-6-4-11(26)22-19(24)32/h1-6,8,10,12-15,17,25,27-28H,7,20H2,(H,23,29)(H,30,31)(H,22,26,32)/t8?,10?,12-,13-,14+,15+,17+/m0/s1. The van der Waals surface area contributed by atoms with Crippen molar-refractivity contribution in [3.05, 3.63) is 63.2 Å². The van der Waals surface area contributed by atoms with E-state index in [1.54, 1.807) is 12.1 Å². The predicted octanol–water partition coefficient (Wildman–Crippen LogP) is -3.43. The average Bonchev–Trinajstić information content (AvgIpc) is 3.06. The van der Waals surface area contributed by atoms with Gasteiger partial charge < -0.3 is 36.2 Å². The number of nitrogens with one attached hydrogen (secondary N) is 2. The number of carboxylic acids is 1. The van der Waals surface area contributed by atoms with E-state index in [0.29, 0.717) is 0 Å². The van der Waals surface area contributed by atoms with E-state index < -0.39 is 65.9 Å². The first-order chi connectivity index (χ1) is 15.6. The SMILES string of the molecule is NC(CC(O)c1ccccn1)C(=O)N[C@H](C(=O)O)[C@H]1O[C@@H](n2ccc(=O)[nH]c2=O)[C@H](O)[C@@H]1O. The van der Waals surface area contributed by atoms with E-state index in [2.05, 4.69) is 10.3 Å². The molecule has 2 aromatic rings. The van der Waals surface area contributed by atoms with E-state index >= 15 is 0 Å². The van der Waals surface area contributed by atoms with Gasteiger partial charge in [0.15, 0.2) is 12.3 Å². The van der Waals surface area contributed by atoms with Gasteiger partial charge in [-0.3, -0.25) is 24.1 Å². The summed E-state index contributed by atoms with van der Waals surface area (Å²) < 4.78 is 6.16. The van der Waals surface area contributed by atoms with Crippen molar-refractivity contribution < 1.29 is 34.8 Å². The third kappa shape index (κ3) is 5.32. The highest BCUT2D eigenvalue weighted by Crippen LogP contribution is 2.30. The quantitative estimate of drug-likeness (QED) is 0.203. The summed E-state index contributed by atoms with van der Waals surface area (Å²) in [5.41, 5.74) is 4.39. The van der Waals surface area contributed by atoms with Crippen LogP contribution < -0.4 is 22.3 Å². The topological polar surface area (TPSA) is 230 Å². The number of carboxylic acid groups (broad SMARTS) is 1. The molecule has 14 heteroatoms. The van der Waals surface area contributed by atoms with Crippen molar-refractivity contribution in [3.63, 3.8) is 0 Å². The van der Waals surface area contributed by atoms with E-state index in [9.17, 15) is 39.6 Å². The highest BCUT2D eigenvalue weighted by atomic mass is 16.6. The zero-order valence-electron chi connectivity index (χ0n) is 17.0. The Kier molecular flexibility index (Phi) is 7.35. The molecule has 1 fully saturated rings. The lowest BCUT2D eigenvalue weighted by molar-refractivity contribution is -0.149. The van der Waals surface area contributed by atoms with Crippen LogP contribution in [0.5, 0.6) is 0 Å². The van der Waals surface area contributed by atoms with Gasteiger partial charge >= 0.3 is 11.7 Å². The molecule has 0 bridgehead atoms. The molecule has 0 aliphatic carbocycles. The number of carbonyl (C=O) groups is 2. The van der Waals surface area contributed by atoms with Crippen LogP contribution in [0.1, 0.15) is 24.4 Å². The van der Waals surface area contributed by atoms with Gasteiger partial charge in [0.25, 0.3) is 5.56 Å². The summed E-state index contributed by atoms with van der Waals surface area (Å²) in [6.45, 7) is 0. The molecular formula is C19H23N5O9. The lowest BCUT2D eigenvalue weighted by Gasteiger charge is -2.25. The largest absolute Gasteiger partial charge is 0.480 e. The van der Waals surface area contributed by atoms with Crippen LogP contribution in [-0.2, 0) is 14.3 Å². The Hall–Kier alpha value is -3.43. The summed E-state index contributed by atoms with van der Waals surface area (Å²) in [5.74, 6) is -2.57. The summed E-state index contributed by atoms with van der Waals surface area (Å²) in [6.07, 6.45) is -5.79. The first-order valence-electron chi connectivity index (χ1n) is 9.81. The number of aliphatic hydroxyl groups is 3. The molecule has 3 heterocycles. The smallest absolute Gasteiger partial charge is 0.330 e. The summed E-state index contributed by atoms with van der Waals surface area (Å²) in [7, 11) is 0. The van der Waals surface area contributed by atoms with Crippen molar-refractivity contribution in [1.29, 1.82) is 0 Å². The van der Waals surface area contributed by atoms with Crippen LogP contribution in [0.3, 0.4) is 0 Å². The number of aromatic amines is 1. The maximum Gasteiger partial charge on any atom is 0.330 e. The molecule has 33 heavy (non-hydrogen) atoms. The molecular weight excluding hydrogens is 442 g/mol. The molecule has 178 valence electrons. The van der Waals surface area contributed by atoms with Gasteiger partial charge in [0.05, 0.1) is 17.8 Å². The molecule has 7 atom stereocenters. The average molecular weight is 465 g/mol. The maximum absolute atomic E-state index is 12.5. The molecule has 0 radical (unpaired) electrons. The van der Waals surface area contributed by atoms with Gasteiger partial charge in [0.1, 0.15) is 18.3 Å². The van der Waals surface area contributed by atoms with E-state index in [4.69, 9.17) is 10.5 Å². The first-order valence-corrected chi connectivity index (χ1v) is 9.81. The molecule has 14 nitrogen and oxygen atoms in total. The number of amides is 1. The number of nitrogens with two attached hydrogens (primary N) is 1. The van der Waals surface area contributed by atoms with E-state index in [1.807, 2.05) is 4.98 Å². The van der Waals surface area contributed by atoms with Crippen molar-refractivity contribution in [3.8, 4) is 0 Å². The number of aliphatic carboxylic acids is 1. The summed E-state index contributed by atoms with van der Waals surface area (Å²) in [5, 5.41) is 42.5. The minimum Gasteiger partial charge on any atom is -0.480 e. The molecule has 1 aliphatic heterocycles. The van der Waals surface area contributed by atoms with Gasteiger partial charge in [-0.1, -0.05) is 6.07 Å². The molecule has 0 spiro atoms. The normalized spacial score (nSPS) is 25.2. The lowest BCUT2D eigenvalue weighted by Crippen LogP contribution is -2.56. The monoisotopic (exact) mass is 465 g/mol. The number of ether oxygens (including phenoxy) is 1. The Labute approximate surface area is 185 Å². The molecule has 2 unspecified atom stereocenters. The predicted molar refractivity (Wildman–Crippen MR) is 109 cm³/mol. The highest BCUT2D eigenvalue weighted by Gasteiger charge is 2.50. The van der Waals surface area contributed by atoms with Crippen LogP contribution in [0.15, 0.2) is 46.2 Å². The Morgan fingerprint density at radius 2 is 1.97 bits per heavy atom. The molecule has 2 aromatic heterocycles. The number of pyridine rings is 1. The highest BCUT2D eigenvalue weighted by molar-refractivity contribution is 5.87. The second-order valence-corrected chi connectivity index (χ2v) is 7.43. The van der Waals surface area contributed by atoms with Gasteiger partial charge in [-0.05, 0) is 12.1 Å². The number of hydrogen-bond donors (Lipinski definition) is 7. The van der Waals surface area contributed by atoms with Gasteiger partial charge in [-0.15, -0.1) is 0 Å². The minimum atomic E-state index is -1.86. The number of rotatable bonds is 8. The number of hydrogen-bond acceptors (Lipinski definition) is 10. The fourth-order valence-electron chi connectivity index (χ4n) is 3.40. The second kappa shape index (κ2) is 10.0. The van der Waals surface area contributed by atoms with Crippen molar-refractivity contribution in [2.24, 2.45) is 5.73 Å². The molecule has 0 saturated carbocycles. The van der Waals surface area contributed by atoms with Crippen LogP contribution >= 0.6 is 0 Å². The Balaban J connectivity index is 1.72. The zero-order chi connectivity index (χ0) is 24.3. The molecule has 8 N–H and O–H groups in total. The van der Waals surface area contributed by atoms with Crippen LogP contribution in [0, 0.1) is 0 Å². The number of nitrogens with zero attached hydrogens (tertiary/aromatic N) is 2. The van der Waals surface area contributed by atoms with Gasteiger partial charge in [-0.25, -0.2) is 9.59 Å². The van der Waals surface area contributed by atoms with E-state index in [-0.39, 0.29) is 12.1 Å². The fourth-order valence-corrected chi connectivity index (χ4v) is 3.40. The van der Waals surface area contributed by atoms with Crippen LogP contribution in [0.4, 0.5) is 0 Å². The molecule has 1 aliphatic rings. The van der Waals surface area contributed by atoms with Crippen molar-refractivity contribution >= 4 is 11.9 Å². The number of H-pyrrole nitrogens is 1. The van der Waals surface area contributed by atoms with Crippen LogP contribution in [0.25, 0.3) is 0 Å². The van der Waals surface area contributed by atoms with Gasteiger partial charge in [0, 0.05) is 24.9 Å². The first kappa shape index (κ1) is 24.2.